The van der Waals surface area contributed by atoms with Gasteiger partial charge >= 0.3 is 0 Å². The summed E-state index contributed by atoms with van der Waals surface area (Å²) in [5.41, 5.74) is 3.52. The average molecular weight is 346 g/mol. The lowest BCUT2D eigenvalue weighted by Gasteiger charge is -2.37. The molecule has 1 saturated heterocycles. The molecule has 2 aliphatic heterocycles. The van der Waals surface area contributed by atoms with Crippen molar-refractivity contribution < 1.29 is 9.66 Å². The smallest absolute Gasteiger partial charge is 0.269 e. The number of nitrogens with one attached hydrogen (secondary N) is 1. The van der Waals surface area contributed by atoms with Crippen molar-refractivity contribution in [2.24, 2.45) is 5.92 Å². The van der Waals surface area contributed by atoms with Crippen LogP contribution >= 0.6 is 0 Å². The van der Waals surface area contributed by atoms with Crippen LogP contribution in [-0.4, -0.2) is 11.5 Å². The Morgan fingerprint density at radius 2 is 1.85 bits per heavy atom. The minimum absolute atomic E-state index is 0.0533. The van der Waals surface area contributed by atoms with Crippen molar-refractivity contribution in [3.05, 3.63) is 81.9 Å². The van der Waals surface area contributed by atoms with Crippen LogP contribution in [0.3, 0.4) is 0 Å². The molecule has 1 N–H and O–H groups in total. The van der Waals surface area contributed by atoms with Gasteiger partial charge in [-0.1, -0.05) is 42.5 Å². The van der Waals surface area contributed by atoms with Crippen molar-refractivity contribution in [2.75, 3.05) is 11.9 Å². The van der Waals surface area contributed by atoms with Crippen LogP contribution in [0.15, 0.2) is 60.7 Å². The van der Waals surface area contributed by atoms with E-state index in [2.05, 4.69) is 41.7 Å². The van der Waals surface area contributed by atoms with Crippen molar-refractivity contribution in [1.29, 1.82) is 0 Å². The van der Waals surface area contributed by atoms with Crippen LogP contribution in [0.5, 0.6) is 0 Å². The number of hydrogen-bond donors (Lipinski definition) is 1. The highest BCUT2D eigenvalue weighted by atomic mass is 16.6. The van der Waals surface area contributed by atoms with Gasteiger partial charge in [0.05, 0.1) is 17.1 Å². The molecular formula is C21H18N2O3. The quantitative estimate of drug-likeness (QED) is 0.524. The molecule has 2 heterocycles. The third kappa shape index (κ3) is 2.28. The Labute approximate surface area is 150 Å². The van der Waals surface area contributed by atoms with Crippen molar-refractivity contribution >= 4 is 22.1 Å². The fraction of sp³-hybridized carbons (Fsp3) is 0.238. The van der Waals surface area contributed by atoms with E-state index >= 15 is 0 Å². The lowest BCUT2D eigenvalue weighted by Crippen LogP contribution is -2.29. The Morgan fingerprint density at radius 3 is 2.65 bits per heavy atom. The highest BCUT2D eigenvalue weighted by Crippen LogP contribution is 2.51. The second-order valence-electron chi connectivity index (χ2n) is 6.96. The van der Waals surface area contributed by atoms with E-state index in [1.807, 2.05) is 12.1 Å². The SMILES string of the molecule is O=[N+]([O-])c1ccc([C@@H]2Nc3ccc4ccccc4c3[C@H]3OCC[C@H]32)cc1. The lowest BCUT2D eigenvalue weighted by atomic mass is 9.79. The van der Waals surface area contributed by atoms with E-state index in [1.54, 1.807) is 12.1 Å². The van der Waals surface area contributed by atoms with Crippen LogP contribution in [0.1, 0.15) is 29.7 Å². The molecule has 1 fully saturated rings. The monoisotopic (exact) mass is 346 g/mol. The maximum atomic E-state index is 10.9. The molecule has 26 heavy (non-hydrogen) atoms. The molecule has 0 aromatic heterocycles. The van der Waals surface area contributed by atoms with Crippen molar-refractivity contribution in [1.82, 2.24) is 0 Å². The van der Waals surface area contributed by atoms with Crippen LogP contribution < -0.4 is 5.32 Å². The standard InChI is InChI=1S/C21H18N2O3/c24-23(25)15-8-5-14(6-9-15)20-17-11-12-26-21(17)19-16-4-2-1-3-13(16)7-10-18(19)22-20/h1-10,17,20-22H,11-12H2/t17-,20-,21-/m0/s1. The summed E-state index contributed by atoms with van der Waals surface area (Å²) in [5, 5.41) is 17.1. The molecule has 3 aromatic rings. The van der Waals surface area contributed by atoms with Gasteiger partial charge in [0.15, 0.2) is 0 Å². The van der Waals surface area contributed by atoms with E-state index in [9.17, 15) is 10.1 Å². The fourth-order valence-corrected chi connectivity index (χ4v) is 4.38. The number of nitro benzene ring substituents is 1. The van der Waals surface area contributed by atoms with Crippen molar-refractivity contribution in [2.45, 2.75) is 18.6 Å². The minimum atomic E-state index is -0.360. The Bertz CT molecular complexity index is 1000. The molecule has 0 spiro atoms. The Balaban J connectivity index is 1.61. The van der Waals surface area contributed by atoms with E-state index in [0.717, 1.165) is 24.3 Å². The van der Waals surface area contributed by atoms with Gasteiger partial charge in [0.25, 0.3) is 5.69 Å². The summed E-state index contributed by atoms with van der Waals surface area (Å²) in [6, 6.07) is 19.6. The Kier molecular flexibility index (Phi) is 3.43. The number of nitro groups is 1. The molecule has 0 amide bonds. The average Bonchev–Trinajstić information content (AvgIpc) is 3.17. The van der Waals surface area contributed by atoms with Gasteiger partial charge in [0.2, 0.25) is 0 Å². The molecule has 0 bridgehead atoms. The second-order valence-corrected chi connectivity index (χ2v) is 6.96. The summed E-state index contributed by atoms with van der Waals surface area (Å²) in [7, 11) is 0. The number of nitrogens with zero attached hydrogens (tertiary/aromatic N) is 1. The van der Waals surface area contributed by atoms with Gasteiger partial charge in [0.1, 0.15) is 0 Å². The molecule has 0 radical (unpaired) electrons. The highest BCUT2D eigenvalue weighted by Gasteiger charge is 2.42. The predicted molar refractivity (Wildman–Crippen MR) is 100 cm³/mol. The summed E-state index contributed by atoms with van der Waals surface area (Å²) in [5.74, 6) is 0.315. The zero-order chi connectivity index (χ0) is 17.7. The predicted octanol–water partition coefficient (Wildman–Crippen LogP) is 4.99. The minimum Gasteiger partial charge on any atom is -0.378 e. The largest absolute Gasteiger partial charge is 0.378 e. The molecule has 0 aliphatic carbocycles. The maximum absolute atomic E-state index is 10.9. The van der Waals surface area contributed by atoms with Crippen LogP contribution in [0.4, 0.5) is 11.4 Å². The van der Waals surface area contributed by atoms with E-state index in [4.69, 9.17) is 4.74 Å². The van der Waals surface area contributed by atoms with Crippen LogP contribution in [0.25, 0.3) is 10.8 Å². The summed E-state index contributed by atoms with van der Waals surface area (Å²) < 4.78 is 6.16. The van der Waals surface area contributed by atoms with Gasteiger partial charge in [-0.25, -0.2) is 0 Å². The maximum Gasteiger partial charge on any atom is 0.269 e. The number of fused-ring (bicyclic) bond motifs is 5. The van der Waals surface area contributed by atoms with Gasteiger partial charge in [-0.3, -0.25) is 10.1 Å². The van der Waals surface area contributed by atoms with Crippen molar-refractivity contribution in [3.63, 3.8) is 0 Å². The van der Waals surface area contributed by atoms with Crippen LogP contribution in [-0.2, 0) is 4.74 Å². The first-order chi connectivity index (χ1) is 12.7. The summed E-state index contributed by atoms with van der Waals surface area (Å²) in [4.78, 5) is 10.6. The van der Waals surface area contributed by atoms with Crippen LogP contribution in [0, 0.1) is 16.0 Å². The van der Waals surface area contributed by atoms with E-state index in [0.29, 0.717) is 5.92 Å². The topological polar surface area (TPSA) is 64.4 Å². The van der Waals surface area contributed by atoms with E-state index in [1.165, 1.54) is 16.3 Å². The Hall–Kier alpha value is -2.92. The number of anilines is 1. The fourth-order valence-electron chi connectivity index (χ4n) is 4.38. The van der Waals surface area contributed by atoms with Gasteiger partial charge in [-0.2, -0.15) is 0 Å². The number of benzene rings is 3. The molecule has 3 atom stereocenters. The molecule has 0 saturated carbocycles. The third-order valence-electron chi connectivity index (χ3n) is 5.59. The van der Waals surface area contributed by atoms with Crippen molar-refractivity contribution in [3.8, 4) is 0 Å². The molecule has 3 aromatic carbocycles. The molecule has 0 unspecified atom stereocenters. The van der Waals surface area contributed by atoms with E-state index in [-0.39, 0.29) is 22.8 Å². The number of ether oxygens (including phenoxy) is 1. The van der Waals surface area contributed by atoms with Gasteiger partial charge in [-0.15, -0.1) is 0 Å². The molecular weight excluding hydrogens is 328 g/mol. The Morgan fingerprint density at radius 1 is 1.04 bits per heavy atom. The molecule has 5 nitrogen and oxygen atoms in total. The summed E-state index contributed by atoms with van der Waals surface area (Å²) in [6.07, 6.45) is 1.03. The summed E-state index contributed by atoms with van der Waals surface area (Å²) in [6.45, 7) is 0.739. The highest BCUT2D eigenvalue weighted by molar-refractivity contribution is 5.91. The number of non-ortho nitro benzene ring substituents is 1. The third-order valence-corrected chi connectivity index (χ3v) is 5.59. The first kappa shape index (κ1) is 15.3. The van der Waals surface area contributed by atoms with Gasteiger partial charge in [0, 0.05) is 35.9 Å². The van der Waals surface area contributed by atoms with Crippen LogP contribution in [0.2, 0.25) is 0 Å². The summed E-state index contributed by atoms with van der Waals surface area (Å²) >= 11 is 0. The first-order valence-corrected chi connectivity index (χ1v) is 8.86. The normalized spacial score (nSPS) is 23.9. The second kappa shape index (κ2) is 5.81. The lowest BCUT2D eigenvalue weighted by molar-refractivity contribution is -0.384. The zero-order valence-electron chi connectivity index (χ0n) is 14.1. The molecule has 5 heteroatoms. The molecule has 130 valence electrons. The molecule has 5 rings (SSSR count). The van der Waals surface area contributed by atoms with Gasteiger partial charge < -0.3 is 10.1 Å². The first-order valence-electron chi connectivity index (χ1n) is 8.86. The van der Waals surface area contributed by atoms with Gasteiger partial charge in [-0.05, 0) is 28.8 Å². The zero-order valence-corrected chi connectivity index (χ0v) is 14.1. The molecule has 2 aliphatic rings. The number of hydrogen-bond acceptors (Lipinski definition) is 4. The number of rotatable bonds is 2. The van der Waals surface area contributed by atoms with E-state index < -0.39 is 0 Å².